The van der Waals surface area contributed by atoms with Crippen LogP contribution in [0.1, 0.15) is 24.2 Å². The highest BCUT2D eigenvalue weighted by Gasteiger charge is 2.21. The summed E-state index contributed by atoms with van der Waals surface area (Å²) in [6.45, 7) is 2.03. The normalized spacial score (nSPS) is 15.8. The highest BCUT2D eigenvalue weighted by Crippen LogP contribution is 2.17. The van der Waals surface area contributed by atoms with Crippen LogP contribution in [0.5, 0.6) is 0 Å². The Morgan fingerprint density at radius 3 is 2.69 bits per heavy atom. The number of carbonyl (C=O) groups excluding carboxylic acids is 2. The highest BCUT2D eigenvalue weighted by atomic mass is 16.3. The first-order valence-corrected chi connectivity index (χ1v) is 8.69. The van der Waals surface area contributed by atoms with E-state index in [1.54, 1.807) is 55.2 Å². The fourth-order valence-electron chi connectivity index (χ4n) is 2.85. The van der Waals surface area contributed by atoms with Gasteiger partial charge in [0.1, 0.15) is 5.76 Å². The molecule has 0 aliphatic carbocycles. The zero-order valence-electron chi connectivity index (χ0n) is 14.5. The lowest BCUT2D eigenvalue weighted by atomic mass is 9.96. The van der Waals surface area contributed by atoms with Crippen molar-refractivity contribution in [2.75, 3.05) is 19.6 Å². The zero-order chi connectivity index (χ0) is 18.2. The maximum atomic E-state index is 12.2. The number of nitrogens with zero attached hydrogens (tertiary/aromatic N) is 1. The Labute approximate surface area is 152 Å². The van der Waals surface area contributed by atoms with E-state index in [0.717, 1.165) is 18.4 Å². The van der Waals surface area contributed by atoms with E-state index in [1.165, 1.54) is 6.08 Å². The van der Waals surface area contributed by atoms with Gasteiger partial charge < -0.3 is 19.1 Å². The first-order valence-electron chi connectivity index (χ1n) is 8.69. The van der Waals surface area contributed by atoms with Crippen molar-refractivity contribution in [3.8, 4) is 0 Å². The Balaban J connectivity index is 1.37. The SMILES string of the molecule is O=C(/C=C/c1ccoc1)NCC1CCN(C(=O)/C=C/c2ccco2)CC1. The third-order valence-electron chi connectivity index (χ3n) is 4.39. The second-order valence-corrected chi connectivity index (χ2v) is 6.25. The summed E-state index contributed by atoms with van der Waals surface area (Å²) in [6, 6.07) is 5.38. The lowest BCUT2D eigenvalue weighted by Crippen LogP contribution is -2.40. The molecule has 0 aromatic carbocycles. The van der Waals surface area contributed by atoms with Crippen LogP contribution in [0.15, 0.2) is 58.0 Å². The molecule has 1 aliphatic rings. The van der Waals surface area contributed by atoms with Gasteiger partial charge in [-0.15, -0.1) is 0 Å². The van der Waals surface area contributed by atoms with Crippen LogP contribution in [-0.4, -0.2) is 36.3 Å². The van der Waals surface area contributed by atoms with E-state index in [4.69, 9.17) is 8.83 Å². The summed E-state index contributed by atoms with van der Waals surface area (Å²) in [4.78, 5) is 25.8. The average molecular weight is 354 g/mol. The molecule has 1 aliphatic heterocycles. The topological polar surface area (TPSA) is 75.7 Å². The number of furan rings is 2. The number of nitrogens with one attached hydrogen (secondary N) is 1. The van der Waals surface area contributed by atoms with Crippen LogP contribution < -0.4 is 5.32 Å². The molecule has 0 radical (unpaired) electrons. The van der Waals surface area contributed by atoms with Gasteiger partial charge in [-0.1, -0.05) is 0 Å². The minimum atomic E-state index is -0.119. The summed E-state index contributed by atoms with van der Waals surface area (Å²) in [5.74, 6) is 0.928. The molecule has 2 amide bonds. The summed E-state index contributed by atoms with van der Waals surface area (Å²) >= 11 is 0. The number of piperidine rings is 1. The Hall–Kier alpha value is -3.02. The van der Waals surface area contributed by atoms with Crippen LogP contribution in [0, 0.1) is 5.92 Å². The van der Waals surface area contributed by atoms with Gasteiger partial charge in [0.2, 0.25) is 11.8 Å². The smallest absolute Gasteiger partial charge is 0.246 e. The Morgan fingerprint density at radius 1 is 1.15 bits per heavy atom. The number of carbonyl (C=O) groups is 2. The van der Waals surface area contributed by atoms with Crippen molar-refractivity contribution in [2.45, 2.75) is 12.8 Å². The number of likely N-dealkylation sites (tertiary alicyclic amines) is 1. The first kappa shape index (κ1) is 17.8. The van der Waals surface area contributed by atoms with Gasteiger partial charge in [-0.3, -0.25) is 9.59 Å². The second kappa shape index (κ2) is 8.89. The van der Waals surface area contributed by atoms with Crippen LogP contribution in [0.2, 0.25) is 0 Å². The van der Waals surface area contributed by atoms with E-state index in [9.17, 15) is 9.59 Å². The van der Waals surface area contributed by atoms with Gasteiger partial charge in [0.25, 0.3) is 0 Å². The van der Waals surface area contributed by atoms with E-state index in [1.807, 2.05) is 4.90 Å². The van der Waals surface area contributed by atoms with E-state index < -0.39 is 0 Å². The van der Waals surface area contributed by atoms with Gasteiger partial charge in [0.05, 0.1) is 18.8 Å². The van der Waals surface area contributed by atoms with Crippen molar-refractivity contribution in [1.29, 1.82) is 0 Å². The van der Waals surface area contributed by atoms with Gasteiger partial charge in [-0.2, -0.15) is 0 Å². The largest absolute Gasteiger partial charge is 0.472 e. The van der Waals surface area contributed by atoms with Crippen molar-refractivity contribution in [3.63, 3.8) is 0 Å². The highest BCUT2D eigenvalue weighted by molar-refractivity contribution is 5.92. The summed E-state index contributed by atoms with van der Waals surface area (Å²) in [6.07, 6.45) is 12.9. The van der Waals surface area contributed by atoms with Gasteiger partial charge in [-0.05, 0) is 49.1 Å². The molecule has 1 fully saturated rings. The lowest BCUT2D eigenvalue weighted by Gasteiger charge is -2.31. The van der Waals surface area contributed by atoms with Crippen LogP contribution in [0.4, 0.5) is 0 Å². The third kappa shape index (κ3) is 5.24. The molecule has 6 nitrogen and oxygen atoms in total. The first-order chi connectivity index (χ1) is 12.7. The molecular formula is C20H22N2O4. The summed E-state index contributed by atoms with van der Waals surface area (Å²) in [5, 5.41) is 2.92. The summed E-state index contributed by atoms with van der Waals surface area (Å²) in [5.41, 5.74) is 0.856. The van der Waals surface area contributed by atoms with Crippen LogP contribution in [0.3, 0.4) is 0 Å². The van der Waals surface area contributed by atoms with Gasteiger partial charge in [0.15, 0.2) is 0 Å². The average Bonchev–Trinajstić information content (AvgIpc) is 3.37. The quantitative estimate of drug-likeness (QED) is 0.809. The van der Waals surface area contributed by atoms with E-state index in [2.05, 4.69) is 5.32 Å². The molecule has 26 heavy (non-hydrogen) atoms. The fraction of sp³-hybridized carbons (Fsp3) is 0.300. The minimum absolute atomic E-state index is 0.00747. The molecule has 2 aromatic rings. The number of rotatable bonds is 6. The standard InChI is InChI=1S/C20H22N2O4/c23-19(5-3-17-9-13-25-15-17)21-14-16-7-10-22(11-8-16)20(24)6-4-18-2-1-12-26-18/h1-6,9,12-13,15-16H,7-8,10-11,14H2,(H,21,23)/b5-3+,6-4+. The molecule has 0 atom stereocenters. The monoisotopic (exact) mass is 354 g/mol. The molecule has 0 unspecified atom stereocenters. The number of hydrogen-bond acceptors (Lipinski definition) is 4. The fourth-order valence-corrected chi connectivity index (χ4v) is 2.85. The van der Waals surface area contributed by atoms with Crippen molar-refractivity contribution >= 4 is 24.0 Å². The Bertz CT molecular complexity index is 752. The molecule has 0 spiro atoms. The predicted octanol–water partition coefficient (Wildman–Crippen LogP) is 2.95. The van der Waals surface area contributed by atoms with Crippen molar-refractivity contribution in [1.82, 2.24) is 10.2 Å². The lowest BCUT2D eigenvalue weighted by molar-refractivity contribution is -0.127. The summed E-state index contributed by atoms with van der Waals surface area (Å²) in [7, 11) is 0. The number of hydrogen-bond donors (Lipinski definition) is 1. The molecule has 136 valence electrons. The molecule has 1 saturated heterocycles. The molecular weight excluding hydrogens is 332 g/mol. The zero-order valence-corrected chi connectivity index (χ0v) is 14.5. The van der Waals surface area contributed by atoms with E-state index >= 15 is 0 Å². The second-order valence-electron chi connectivity index (χ2n) is 6.25. The van der Waals surface area contributed by atoms with E-state index in [-0.39, 0.29) is 11.8 Å². The van der Waals surface area contributed by atoms with Crippen molar-refractivity contribution in [3.05, 3.63) is 60.5 Å². The van der Waals surface area contributed by atoms with Crippen molar-refractivity contribution in [2.24, 2.45) is 5.92 Å². The third-order valence-corrected chi connectivity index (χ3v) is 4.39. The number of amides is 2. The maximum Gasteiger partial charge on any atom is 0.246 e. The molecule has 0 saturated carbocycles. The van der Waals surface area contributed by atoms with Crippen LogP contribution >= 0.6 is 0 Å². The molecule has 1 N–H and O–H groups in total. The van der Waals surface area contributed by atoms with E-state index in [0.29, 0.717) is 31.3 Å². The molecule has 6 heteroatoms. The minimum Gasteiger partial charge on any atom is -0.472 e. The Kier molecular flexibility index (Phi) is 6.09. The molecule has 3 heterocycles. The van der Waals surface area contributed by atoms with Crippen molar-refractivity contribution < 1.29 is 18.4 Å². The molecule has 2 aromatic heterocycles. The predicted molar refractivity (Wildman–Crippen MR) is 97.8 cm³/mol. The van der Waals surface area contributed by atoms with Crippen LogP contribution in [-0.2, 0) is 9.59 Å². The van der Waals surface area contributed by atoms with Crippen LogP contribution in [0.25, 0.3) is 12.2 Å². The Morgan fingerprint density at radius 2 is 2.00 bits per heavy atom. The van der Waals surface area contributed by atoms with Gasteiger partial charge in [0, 0.05) is 37.3 Å². The molecule has 0 bridgehead atoms. The summed E-state index contributed by atoms with van der Waals surface area (Å²) < 4.78 is 10.1. The molecule has 3 rings (SSSR count). The van der Waals surface area contributed by atoms with Gasteiger partial charge >= 0.3 is 0 Å². The van der Waals surface area contributed by atoms with Gasteiger partial charge in [-0.25, -0.2) is 0 Å². The maximum absolute atomic E-state index is 12.2.